The van der Waals surface area contributed by atoms with E-state index in [-0.39, 0.29) is 24.9 Å². The molecule has 182 valence electrons. The lowest BCUT2D eigenvalue weighted by atomic mass is 10.1. The van der Waals surface area contributed by atoms with E-state index in [0.717, 1.165) is 11.1 Å². The molecule has 0 unspecified atom stereocenters. The first-order valence-electron chi connectivity index (χ1n) is 11.4. The molecular weight excluding hydrogens is 469 g/mol. The molecule has 4 rings (SSSR count). The topological polar surface area (TPSA) is 77.6 Å². The van der Waals surface area contributed by atoms with Crippen LogP contribution in [0.5, 0.6) is 0 Å². The summed E-state index contributed by atoms with van der Waals surface area (Å²) in [5.74, 6) is -1.63. The third-order valence-electron chi connectivity index (χ3n) is 6.05. The molecule has 9 heteroatoms. The van der Waals surface area contributed by atoms with Crippen molar-refractivity contribution in [1.29, 1.82) is 0 Å². The highest BCUT2D eigenvalue weighted by Gasteiger charge is 2.27. The Morgan fingerprint density at radius 3 is 2.34 bits per heavy atom. The Labute approximate surface area is 208 Å². The SMILES string of the molecule is O=C(NCc1ccc(Cl)cc1)C(=O)NC[C@H](c1cccnc1)N1CCN(c2ccccc2F)CC1. The van der Waals surface area contributed by atoms with Gasteiger partial charge in [0.1, 0.15) is 5.82 Å². The number of piperazine rings is 1. The Hall–Kier alpha value is -3.49. The summed E-state index contributed by atoms with van der Waals surface area (Å²) < 4.78 is 14.2. The molecule has 1 aliphatic heterocycles. The second-order valence-corrected chi connectivity index (χ2v) is 8.73. The first-order chi connectivity index (χ1) is 17.0. The van der Waals surface area contributed by atoms with Gasteiger partial charge in [0.15, 0.2) is 0 Å². The summed E-state index contributed by atoms with van der Waals surface area (Å²) >= 11 is 5.88. The molecule has 7 nitrogen and oxygen atoms in total. The summed E-state index contributed by atoms with van der Waals surface area (Å²) in [6.07, 6.45) is 3.46. The molecule has 3 aromatic rings. The molecule has 2 amide bonds. The number of benzene rings is 2. The minimum Gasteiger partial charge on any atom is -0.367 e. The van der Waals surface area contributed by atoms with Crippen LogP contribution in [0.3, 0.4) is 0 Å². The van der Waals surface area contributed by atoms with Crippen molar-refractivity contribution in [3.05, 3.63) is 95.0 Å². The van der Waals surface area contributed by atoms with Crippen LogP contribution in [0.4, 0.5) is 10.1 Å². The number of aromatic nitrogens is 1. The number of nitrogens with one attached hydrogen (secondary N) is 2. The number of carbonyl (C=O) groups excluding carboxylic acids is 2. The maximum atomic E-state index is 14.2. The molecule has 35 heavy (non-hydrogen) atoms. The van der Waals surface area contributed by atoms with E-state index in [1.54, 1.807) is 48.8 Å². The molecule has 2 N–H and O–H groups in total. The van der Waals surface area contributed by atoms with Gasteiger partial charge in [-0.25, -0.2) is 4.39 Å². The van der Waals surface area contributed by atoms with Crippen molar-refractivity contribution in [2.24, 2.45) is 0 Å². The van der Waals surface area contributed by atoms with Crippen molar-refractivity contribution in [3.63, 3.8) is 0 Å². The maximum Gasteiger partial charge on any atom is 0.309 e. The number of amides is 2. The van der Waals surface area contributed by atoms with Crippen LogP contribution >= 0.6 is 11.6 Å². The molecule has 0 spiro atoms. The van der Waals surface area contributed by atoms with Crippen LogP contribution in [0.25, 0.3) is 0 Å². The minimum atomic E-state index is -0.700. The first-order valence-corrected chi connectivity index (χ1v) is 11.8. The standard InChI is InChI=1S/C26H27ClFN5O2/c27-21-9-7-19(8-10-21)16-30-25(34)26(35)31-18-24(20-4-3-11-29-17-20)33-14-12-32(13-15-33)23-6-2-1-5-22(23)28/h1-11,17,24H,12-16,18H2,(H,30,34)(H,31,35)/t24-/m1/s1. The van der Waals surface area contributed by atoms with Gasteiger partial charge in [-0.3, -0.25) is 19.5 Å². The highest BCUT2D eigenvalue weighted by molar-refractivity contribution is 6.35. The molecule has 2 heterocycles. The molecular formula is C26H27ClFN5O2. The molecule has 1 saturated heterocycles. The summed E-state index contributed by atoms with van der Waals surface area (Å²) in [6.45, 7) is 3.12. The van der Waals surface area contributed by atoms with Crippen LogP contribution in [0.2, 0.25) is 5.02 Å². The minimum absolute atomic E-state index is 0.167. The quantitative estimate of drug-likeness (QED) is 0.492. The number of nitrogens with zero attached hydrogens (tertiary/aromatic N) is 3. The van der Waals surface area contributed by atoms with Crippen molar-refractivity contribution in [3.8, 4) is 0 Å². The van der Waals surface area contributed by atoms with Crippen molar-refractivity contribution in [2.75, 3.05) is 37.6 Å². The molecule has 1 fully saturated rings. The predicted molar refractivity (Wildman–Crippen MR) is 133 cm³/mol. The summed E-state index contributed by atoms with van der Waals surface area (Å²) in [5.41, 5.74) is 2.38. The van der Waals surface area contributed by atoms with Crippen LogP contribution in [-0.2, 0) is 16.1 Å². The highest BCUT2D eigenvalue weighted by Crippen LogP contribution is 2.25. The van der Waals surface area contributed by atoms with E-state index >= 15 is 0 Å². The molecule has 1 aliphatic rings. The number of rotatable bonds is 7. The molecule has 1 aromatic heterocycles. The van der Waals surface area contributed by atoms with E-state index in [2.05, 4.69) is 20.5 Å². The van der Waals surface area contributed by atoms with Gasteiger partial charge in [-0.05, 0) is 41.5 Å². The van der Waals surface area contributed by atoms with Crippen LogP contribution in [-0.4, -0.2) is 54.4 Å². The van der Waals surface area contributed by atoms with E-state index in [1.165, 1.54) is 6.07 Å². The average molecular weight is 496 g/mol. The monoisotopic (exact) mass is 495 g/mol. The number of halogens is 2. The summed E-state index contributed by atoms with van der Waals surface area (Å²) in [5, 5.41) is 5.99. The van der Waals surface area contributed by atoms with Crippen molar-refractivity contribution in [1.82, 2.24) is 20.5 Å². The fourth-order valence-corrected chi connectivity index (χ4v) is 4.27. The van der Waals surface area contributed by atoms with Crippen molar-refractivity contribution < 1.29 is 14.0 Å². The largest absolute Gasteiger partial charge is 0.367 e. The molecule has 0 bridgehead atoms. The zero-order chi connectivity index (χ0) is 24.6. The van der Waals surface area contributed by atoms with Gasteiger partial charge in [0.25, 0.3) is 0 Å². The van der Waals surface area contributed by atoms with Gasteiger partial charge in [0.2, 0.25) is 0 Å². The normalized spacial score (nSPS) is 14.9. The van der Waals surface area contributed by atoms with E-state index < -0.39 is 11.8 Å². The van der Waals surface area contributed by atoms with Crippen molar-refractivity contribution >= 4 is 29.1 Å². The van der Waals surface area contributed by atoms with Gasteiger partial charge < -0.3 is 15.5 Å². The van der Waals surface area contributed by atoms with Gasteiger partial charge in [-0.15, -0.1) is 0 Å². The Morgan fingerprint density at radius 2 is 1.66 bits per heavy atom. The Morgan fingerprint density at radius 1 is 0.943 bits per heavy atom. The van der Waals surface area contributed by atoms with E-state index in [9.17, 15) is 14.0 Å². The van der Waals surface area contributed by atoms with Crippen LogP contribution in [0.15, 0.2) is 73.1 Å². The van der Waals surface area contributed by atoms with Crippen LogP contribution in [0.1, 0.15) is 17.2 Å². The number of hydrogen-bond donors (Lipinski definition) is 2. The Bertz CT molecular complexity index is 1140. The molecule has 2 aromatic carbocycles. The lowest BCUT2D eigenvalue weighted by Crippen LogP contribution is -2.51. The number of para-hydroxylation sites is 1. The number of carbonyl (C=O) groups is 2. The zero-order valence-corrected chi connectivity index (χ0v) is 19.9. The summed E-state index contributed by atoms with van der Waals surface area (Å²) in [7, 11) is 0. The Balaban J connectivity index is 1.35. The fraction of sp³-hybridized carbons (Fsp3) is 0.269. The molecule has 0 saturated carbocycles. The highest BCUT2D eigenvalue weighted by atomic mass is 35.5. The third kappa shape index (κ3) is 6.55. The van der Waals surface area contributed by atoms with E-state index in [4.69, 9.17) is 11.6 Å². The van der Waals surface area contributed by atoms with Gasteiger partial charge in [0, 0.05) is 56.7 Å². The summed E-state index contributed by atoms with van der Waals surface area (Å²) in [4.78, 5) is 33.3. The number of hydrogen-bond acceptors (Lipinski definition) is 5. The lowest BCUT2D eigenvalue weighted by Gasteiger charge is -2.40. The van der Waals surface area contributed by atoms with Gasteiger partial charge in [-0.2, -0.15) is 0 Å². The fourth-order valence-electron chi connectivity index (χ4n) is 4.15. The van der Waals surface area contributed by atoms with Gasteiger partial charge >= 0.3 is 11.8 Å². The third-order valence-corrected chi connectivity index (χ3v) is 6.30. The smallest absolute Gasteiger partial charge is 0.309 e. The lowest BCUT2D eigenvalue weighted by molar-refractivity contribution is -0.139. The zero-order valence-electron chi connectivity index (χ0n) is 19.2. The van der Waals surface area contributed by atoms with E-state index in [0.29, 0.717) is 36.9 Å². The van der Waals surface area contributed by atoms with Crippen LogP contribution in [0, 0.1) is 5.82 Å². The van der Waals surface area contributed by atoms with Crippen molar-refractivity contribution in [2.45, 2.75) is 12.6 Å². The van der Waals surface area contributed by atoms with Gasteiger partial charge in [-0.1, -0.05) is 41.9 Å². The summed E-state index contributed by atoms with van der Waals surface area (Å²) in [6, 6.07) is 17.4. The first kappa shape index (κ1) is 24.6. The second kappa shape index (κ2) is 11.8. The molecule has 1 atom stereocenters. The number of anilines is 1. The van der Waals surface area contributed by atoms with Gasteiger partial charge in [0.05, 0.1) is 11.7 Å². The second-order valence-electron chi connectivity index (χ2n) is 8.30. The number of pyridine rings is 1. The Kier molecular flexibility index (Phi) is 8.28. The molecule has 0 radical (unpaired) electrons. The van der Waals surface area contributed by atoms with Crippen LogP contribution < -0.4 is 15.5 Å². The maximum absolute atomic E-state index is 14.2. The molecule has 0 aliphatic carbocycles. The average Bonchev–Trinajstić information content (AvgIpc) is 2.89. The van der Waals surface area contributed by atoms with E-state index in [1.807, 2.05) is 23.1 Å². The predicted octanol–water partition coefficient (Wildman–Crippen LogP) is 3.17.